The quantitative estimate of drug-likeness (QED) is 0.388. The molecule has 1 aliphatic heterocycles. The van der Waals surface area contributed by atoms with Crippen LogP contribution in [0.3, 0.4) is 0 Å². The zero-order valence-electron chi connectivity index (χ0n) is 6.47. The van der Waals surface area contributed by atoms with Gasteiger partial charge in [0.25, 0.3) is 0 Å². The summed E-state index contributed by atoms with van der Waals surface area (Å²) in [5.41, 5.74) is 1.65. The molecule has 3 N–H and O–H groups in total. The molecule has 1 fully saturated rings. The number of carbonyl (C=O) groups is 1. The van der Waals surface area contributed by atoms with Crippen LogP contribution in [0, 0.1) is 5.92 Å². The minimum absolute atomic E-state index is 0.267. The van der Waals surface area contributed by atoms with Crippen molar-refractivity contribution in [2.45, 2.75) is 19.3 Å². The Labute approximate surface area is 65.9 Å². The van der Waals surface area contributed by atoms with Crippen LogP contribution in [0.15, 0.2) is 0 Å². The summed E-state index contributed by atoms with van der Waals surface area (Å²) >= 11 is 0. The van der Waals surface area contributed by atoms with E-state index in [9.17, 15) is 4.79 Å². The van der Waals surface area contributed by atoms with Crippen LogP contribution < -0.4 is 10.8 Å². The van der Waals surface area contributed by atoms with Crippen LogP contribution in [0.1, 0.15) is 19.3 Å². The first-order chi connectivity index (χ1) is 5.33. The van der Waals surface area contributed by atoms with E-state index < -0.39 is 0 Å². The minimum atomic E-state index is -0.267. The van der Waals surface area contributed by atoms with Crippen molar-refractivity contribution in [1.82, 2.24) is 10.8 Å². The minimum Gasteiger partial charge on any atom is -0.317 e. The normalized spacial score (nSPS) is 19.7. The van der Waals surface area contributed by atoms with Gasteiger partial charge >= 0.3 is 0 Å². The molecule has 0 atom stereocenters. The Morgan fingerprint density at radius 3 is 2.73 bits per heavy atom. The molecule has 0 spiro atoms. The molecule has 1 heterocycles. The number of amides is 1. The van der Waals surface area contributed by atoms with Crippen LogP contribution in [0.5, 0.6) is 0 Å². The summed E-state index contributed by atoms with van der Waals surface area (Å²) in [6.07, 6.45) is 2.53. The second-order valence-electron chi connectivity index (χ2n) is 2.93. The zero-order valence-corrected chi connectivity index (χ0v) is 6.47. The fourth-order valence-corrected chi connectivity index (χ4v) is 1.39. The van der Waals surface area contributed by atoms with Crippen molar-refractivity contribution in [1.29, 1.82) is 0 Å². The molecule has 0 aromatic carbocycles. The first kappa shape index (κ1) is 8.49. The van der Waals surface area contributed by atoms with Crippen molar-refractivity contribution in [3.8, 4) is 0 Å². The van der Waals surface area contributed by atoms with E-state index in [-0.39, 0.29) is 5.91 Å². The summed E-state index contributed by atoms with van der Waals surface area (Å²) in [6, 6.07) is 0. The molecule has 0 unspecified atom stereocenters. The van der Waals surface area contributed by atoms with E-state index >= 15 is 0 Å². The van der Waals surface area contributed by atoms with E-state index in [0.717, 1.165) is 25.9 Å². The summed E-state index contributed by atoms with van der Waals surface area (Å²) in [4.78, 5) is 10.7. The predicted octanol–water partition coefficient (Wildman–Crippen LogP) is -0.119. The molecule has 0 radical (unpaired) electrons. The fourth-order valence-electron chi connectivity index (χ4n) is 1.39. The average molecular weight is 158 g/mol. The number of hydrogen-bond acceptors (Lipinski definition) is 3. The second kappa shape index (κ2) is 4.31. The number of hydrogen-bond donors (Lipinski definition) is 3. The molecule has 1 aliphatic rings. The number of piperidine rings is 1. The summed E-state index contributed by atoms with van der Waals surface area (Å²) in [5.74, 6) is 0.181. The van der Waals surface area contributed by atoms with Crippen LogP contribution in [-0.4, -0.2) is 24.2 Å². The molecule has 1 rings (SSSR count). The van der Waals surface area contributed by atoms with Crippen LogP contribution >= 0.6 is 0 Å². The standard InChI is InChI=1S/C7H14N2O2/c10-7(9-11)5-6-1-3-8-4-2-6/h6,8,11H,1-5H2,(H,9,10). The third-order valence-corrected chi connectivity index (χ3v) is 2.06. The highest BCUT2D eigenvalue weighted by Gasteiger charge is 2.15. The van der Waals surface area contributed by atoms with E-state index in [4.69, 9.17) is 5.21 Å². The molecular weight excluding hydrogens is 144 g/mol. The molecule has 11 heavy (non-hydrogen) atoms. The molecule has 64 valence electrons. The lowest BCUT2D eigenvalue weighted by Gasteiger charge is -2.21. The third kappa shape index (κ3) is 2.86. The van der Waals surface area contributed by atoms with Crippen molar-refractivity contribution < 1.29 is 10.0 Å². The Bertz CT molecular complexity index is 132. The Kier molecular flexibility index (Phi) is 3.32. The van der Waals surface area contributed by atoms with Gasteiger partial charge in [-0.3, -0.25) is 10.0 Å². The molecule has 0 bridgehead atoms. The van der Waals surface area contributed by atoms with Gasteiger partial charge in [-0.2, -0.15) is 0 Å². The van der Waals surface area contributed by atoms with Gasteiger partial charge in [-0.15, -0.1) is 0 Å². The van der Waals surface area contributed by atoms with E-state index in [1.807, 2.05) is 0 Å². The van der Waals surface area contributed by atoms with Gasteiger partial charge in [0.05, 0.1) is 0 Å². The smallest absolute Gasteiger partial charge is 0.243 e. The van der Waals surface area contributed by atoms with Gasteiger partial charge in [-0.1, -0.05) is 0 Å². The van der Waals surface area contributed by atoms with Gasteiger partial charge in [0, 0.05) is 6.42 Å². The summed E-state index contributed by atoms with van der Waals surface area (Å²) < 4.78 is 0. The third-order valence-electron chi connectivity index (χ3n) is 2.06. The molecule has 0 saturated carbocycles. The number of rotatable bonds is 2. The van der Waals surface area contributed by atoms with Gasteiger partial charge in [-0.05, 0) is 31.8 Å². The largest absolute Gasteiger partial charge is 0.317 e. The molecule has 1 amide bonds. The molecular formula is C7H14N2O2. The highest BCUT2D eigenvalue weighted by Crippen LogP contribution is 2.14. The lowest BCUT2D eigenvalue weighted by molar-refractivity contribution is -0.130. The summed E-state index contributed by atoms with van der Waals surface area (Å²) in [6.45, 7) is 1.98. The van der Waals surface area contributed by atoms with E-state index in [0.29, 0.717) is 12.3 Å². The molecule has 1 saturated heterocycles. The summed E-state index contributed by atoms with van der Waals surface area (Å²) in [7, 11) is 0. The Morgan fingerprint density at radius 1 is 1.55 bits per heavy atom. The Balaban J connectivity index is 2.19. The molecule has 0 aromatic rings. The van der Waals surface area contributed by atoms with Crippen LogP contribution in [0.25, 0.3) is 0 Å². The van der Waals surface area contributed by atoms with Crippen molar-refractivity contribution in [3.05, 3.63) is 0 Å². The van der Waals surface area contributed by atoms with Crippen molar-refractivity contribution in [2.75, 3.05) is 13.1 Å². The highest BCUT2D eigenvalue weighted by atomic mass is 16.5. The monoisotopic (exact) mass is 158 g/mol. The maximum Gasteiger partial charge on any atom is 0.243 e. The molecule has 0 aliphatic carbocycles. The second-order valence-corrected chi connectivity index (χ2v) is 2.93. The molecule has 4 nitrogen and oxygen atoms in total. The Morgan fingerprint density at radius 2 is 2.18 bits per heavy atom. The van der Waals surface area contributed by atoms with Crippen LogP contribution in [0.2, 0.25) is 0 Å². The zero-order chi connectivity index (χ0) is 8.10. The maximum absolute atomic E-state index is 10.7. The van der Waals surface area contributed by atoms with Crippen molar-refractivity contribution in [3.63, 3.8) is 0 Å². The van der Waals surface area contributed by atoms with Crippen LogP contribution in [-0.2, 0) is 4.79 Å². The molecule has 4 heteroatoms. The number of hydroxylamine groups is 1. The average Bonchev–Trinajstić information content (AvgIpc) is 2.06. The van der Waals surface area contributed by atoms with Crippen molar-refractivity contribution >= 4 is 5.91 Å². The lowest BCUT2D eigenvalue weighted by atomic mass is 9.94. The topological polar surface area (TPSA) is 61.4 Å². The number of nitrogens with one attached hydrogen (secondary N) is 2. The van der Waals surface area contributed by atoms with Gasteiger partial charge in [0.1, 0.15) is 0 Å². The predicted molar refractivity (Wildman–Crippen MR) is 40.1 cm³/mol. The lowest BCUT2D eigenvalue weighted by Crippen LogP contribution is -2.31. The maximum atomic E-state index is 10.7. The van der Waals surface area contributed by atoms with E-state index in [1.54, 1.807) is 5.48 Å². The fraction of sp³-hybridized carbons (Fsp3) is 0.857. The first-order valence-corrected chi connectivity index (χ1v) is 3.96. The number of carbonyl (C=O) groups excluding carboxylic acids is 1. The highest BCUT2D eigenvalue weighted by molar-refractivity contribution is 5.74. The van der Waals surface area contributed by atoms with Crippen molar-refractivity contribution in [2.24, 2.45) is 5.92 Å². The summed E-state index contributed by atoms with van der Waals surface area (Å²) in [5, 5.41) is 11.5. The van der Waals surface area contributed by atoms with E-state index in [1.165, 1.54) is 0 Å². The SMILES string of the molecule is O=C(CC1CCNCC1)NO. The van der Waals surface area contributed by atoms with E-state index in [2.05, 4.69) is 5.32 Å². The first-order valence-electron chi connectivity index (χ1n) is 3.96. The van der Waals surface area contributed by atoms with Gasteiger partial charge in [0.2, 0.25) is 5.91 Å². The van der Waals surface area contributed by atoms with Crippen LogP contribution in [0.4, 0.5) is 0 Å². The van der Waals surface area contributed by atoms with Gasteiger partial charge < -0.3 is 5.32 Å². The Hall–Kier alpha value is -0.610. The van der Waals surface area contributed by atoms with Gasteiger partial charge in [0.15, 0.2) is 0 Å². The molecule has 0 aromatic heterocycles. The van der Waals surface area contributed by atoms with Gasteiger partial charge in [-0.25, -0.2) is 5.48 Å².